The van der Waals surface area contributed by atoms with Crippen molar-refractivity contribution in [2.45, 2.75) is 45.3 Å². The smallest absolute Gasteiger partial charge is 0.251 e. The summed E-state index contributed by atoms with van der Waals surface area (Å²) in [7, 11) is 0. The van der Waals surface area contributed by atoms with Crippen molar-refractivity contribution in [3.8, 4) is 0 Å². The molecule has 4 nitrogen and oxygen atoms in total. The standard InChI is InChI=1S/C14H28F2N2O2/c1-14(2,3)20-11-12(19)9-17-5-4-6-18(8-7-17)10-13(15)16/h12-13,19H,4-11H2,1-3H3. The van der Waals surface area contributed by atoms with Gasteiger partial charge in [0, 0.05) is 19.6 Å². The van der Waals surface area contributed by atoms with Crippen molar-refractivity contribution in [1.29, 1.82) is 0 Å². The molecule has 0 aromatic rings. The van der Waals surface area contributed by atoms with Crippen LogP contribution in [0.25, 0.3) is 0 Å². The summed E-state index contributed by atoms with van der Waals surface area (Å²) in [5.74, 6) is 0. The number of aliphatic hydroxyl groups is 1. The highest BCUT2D eigenvalue weighted by Crippen LogP contribution is 2.09. The van der Waals surface area contributed by atoms with Gasteiger partial charge in [0.1, 0.15) is 0 Å². The molecule has 6 heteroatoms. The van der Waals surface area contributed by atoms with Crippen molar-refractivity contribution < 1.29 is 18.6 Å². The summed E-state index contributed by atoms with van der Waals surface area (Å²) in [6.07, 6.45) is -1.94. The number of ether oxygens (including phenoxy) is 1. The molecule has 0 aromatic heterocycles. The molecule has 1 atom stereocenters. The second-order valence-electron chi connectivity index (χ2n) is 6.42. The third-order valence-electron chi connectivity index (χ3n) is 3.26. The molecule has 1 aliphatic rings. The molecule has 0 amide bonds. The van der Waals surface area contributed by atoms with Crippen LogP contribution in [0.5, 0.6) is 0 Å². The van der Waals surface area contributed by atoms with E-state index in [1.54, 1.807) is 4.90 Å². The first-order valence-electron chi connectivity index (χ1n) is 7.31. The largest absolute Gasteiger partial charge is 0.389 e. The summed E-state index contributed by atoms with van der Waals surface area (Å²) in [5.41, 5.74) is -0.256. The predicted octanol–water partition coefficient (Wildman–Crippen LogP) is 1.44. The minimum absolute atomic E-state index is 0.149. The van der Waals surface area contributed by atoms with E-state index in [4.69, 9.17) is 4.74 Å². The molecule has 1 rings (SSSR count). The zero-order valence-electron chi connectivity index (χ0n) is 12.8. The zero-order valence-corrected chi connectivity index (χ0v) is 12.8. The summed E-state index contributed by atoms with van der Waals surface area (Å²) in [5, 5.41) is 9.97. The normalized spacial score (nSPS) is 21.1. The molecule has 0 aromatic carbocycles. The van der Waals surface area contributed by atoms with Crippen LogP contribution >= 0.6 is 0 Å². The minimum atomic E-state index is -2.27. The second kappa shape index (κ2) is 8.22. The van der Waals surface area contributed by atoms with Gasteiger partial charge >= 0.3 is 0 Å². The fourth-order valence-corrected chi connectivity index (χ4v) is 2.28. The fourth-order valence-electron chi connectivity index (χ4n) is 2.28. The first-order valence-corrected chi connectivity index (χ1v) is 7.31. The van der Waals surface area contributed by atoms with Crippen LogP contribution in [0.2, 0.25) is 0 Å². The third-order valence-corrected chi connectivity index (χ3v) is 3.26. The quantitative estimate of drug-likeness (QED) is 0.804. The summed E-state index contributed by atoms with van der Waals surface area (Å²) < 4.78 is 30.3. The van der Waals surface area contributed by atoms with Crippen molar-refractivity contribution in [2.24, 2.45) is 0 Å². The van der Waals surface area contributed by atoms with E-state index in [1.165, 1.54) is 0 Å². The van der Waals surface area contributed by atoms with Crippen molar-refractivity contribution in [2.75, 3.05) is 45.9 Å². The number of hydrogen-bond acceptors (Lipinski definition) is 4. The first-order chi connectivity index (χ1) is 9.26. The van der Waals surface area contributed by atoms with Gasteiger partial charge in [-0.3, -0.25) is 9.80 Å². The molecule has 0 spiro atoms. The fraction of sp³-hybridized carbons (Fsp3) is 1.00. The lowest BCUT2D eigenvalue weighted by Crippen LogP contribution is -2.39. The van der Waals surface area contributed by atoms with E-state index >= 15 is 0 Å². The van der Waals surface area contributed by atoms with Crippen LogP contribution in [0.4, 0.5) is 8.78 Å². The lowest BCUT2D eigenvalue weighted by molar-refractivity contribution is -0.0558. The average molecular weight is 294 g/mol. The SMILES string of the molecule is CC(C)(C)OCC(O)CN1CCCN(CC(F)F)CC1. The highest BCUT2D eigenvalue weighted by Gasteiger charge is 2.20. The van der Waals surface area contributed by atoms with Crippen LogP contribution in [-0.4, -0.2) is 78.9 Å². The van der Waals surface area contributed by atoms with Gasteiger partial charge in [0.2, 0.25) is 0 Å². The Balaban J connectivity index is 2.27. The topological polar surface area (TPSA) is 35.9 Å². The second-order valence-corrected chi connectivity index (χ2v) is 6.42. The summed E-state index contributed by atoms with van der Waals surface area (Å²) in [6, 6.07) is 0. The van der Waals surface area contributed by atoms with Gasteiger partial charge in [-0.25, -0.2) is 8.78 Å². The van der Waals surface area contributed by atoms with Crippen LogP contribution in [0.15, 0.2) is 0 Å². The number of hydrogen-bond donors (Lipinski definition) is 1. The molecule has 0 aliphatic carbocycles. The lowest BCUT2D eigenvalue weighted by atomic mass is 10.2. The molecule has 120 valence electrons. The van der Waals surface area contributed by atoms with E-state index < -0.39 is 12.5 Å². The molecular weight excluding hydrogens is 266 g/mol. The molecule has 1 saturated heterocycles. The Labute approximate surface area is 120 Å². The van der Waals surface area contributed by atoms with Crippen LogP contribution < -0.4 is 0 Å². The van der Waals surface area contributed by atoms with E-state index in [2.05, 4.69) is 4.90 Å². The maximum atomic E-state index is 12.4. The Morgan fingerprint density at radius 1 is 1.05 bits per heavy atom. The Bertz CT molecular complexity index is 272. The predicted molar refractivity (Wildman–Crippen MR) is 75.2 cm³/mol. The molecule has 0 bridgehead atoms. The first kappa shape index (κ1) is 17.8. The van der Waals surface area contributed by atoms with Gasteiger partial charge in [-0.2, -0.15) is 0 Å². The molecule has 1 N–H and O–H groups in total. The molecule has 0 saturated carbocycles. The van der Waals surface area contributed by atoms with E-state index in [9.17, 15) is 13.9 Å². The van der Waals surface area contributed by atoms with E-state index in [0.29, 0.717) is 26.2 Å². The van der Waals surface area contributed by atoms with Gasteiger partial charge in [0.05, 0.1) is 24.9 Å². The van der Waals surface area contributed by atoms with Crippen molar-refractivity contribution >= 4 is 0 Å². The van der Waals surface area contributed by atoms with Crippen LogP contribution in [0.1, 0.15) is 27.2 Å². The van der Waals surface area contributed by atoms with Crippen LogP contribution in [-0.2, 0) is 4.74 Å². The number of rotatable bonds is 6. The summed E-state index contributed by atoms with van der Waals surface area (Å²) >= 11 is 0. The maximum absolute atomic E-state index is 12.4. The van der Waals surface area contributed by atoms with Gasteiger partial charge in [-0.15, -0.1) is 0 Å². The van der Waals surface area contributed by atoms with Gasteiger partial charge in [0.25, 0.3) is 6.43 Å². The van der Waals surface area contributed by atoms with Crippen molar-refractivity contribution in [1.82, 2.24) is 9.80 Å². The van der Waals surface area contributed by atoms with E-state index in [-0.39, 0.29) is 12.1 Å². The highest BCUT2D eigenvalue weighted by molar-refractivity contribution is 4.73. The Morgan fingerprint density at radius 3 is 2.10 bits per heavy atom. The van der Waals surface area contributed by atoms with E-state index in [1.807, 2.05) is 20.8 Å². The summed E-state index contributed by atoms with van der Waals surface area (Å²) in [4.78, 5) is 3.92. The van der Waals surface area contributed by atoms with E-state index in [0.717, 1.165) is 19.5 Å². The third kappa shape index (κ3) is 8.09. The number of β-amino-alcohol motifs (C(OH)–C–C–N with tert-alkyl or cyclic N) is 1. The Morgan fingerprint density at radius 2 is 1.60 bits per heavy atom. The number of aliphatic hydroxyl groups excluding tert-OH is 1. The zero-order chi connectivity index (χ0) is 15.2. The molecular formula is C14H28F2N2O2. The number of alkyl halides is 2. The van der Waals surface area contributed by atoms with Crippen LogP contribution in [0.3, 0.4) is 0 Å². The van der Waals surface area contributed by atoms with Crippen LogP contribution in [0, 0.1) is 0 Å². The molecule has 1 unspecified atom stereocenters. The average Bonchev–Trinajstić information content (AvgIpc) is 2.51. The minimum Gasteiger partial charge on any atom is -0.389 e. The highest BCUT2D eigenvalue weighted by atomic mass is 19.3. The molecule has 1 fully saturated rings. The monoisotopic (exact) mass is 294 g/mol. The van der Waals surface area contributed by atoms with Gasteiger partial charge < -0.3 is 9.84 Å². The summed E-state index contributed by atoms with van der Waals surface area (Å²) in [6.45, 7) is 9.46. The Hall–Kier alpha value is -0.300. The lowest BCUT2D eigenvalue weighted by Gasteiger charge is -2.26. The Kier molecular flexibility index (Phi) is 7.29. The number of nitrogens with zero attached hydrogens (tertiary/aromatic N) is 2. The van der Waals surface area contributed by atoms with Crippen molar-refractivity contribution in [3.05, 3.63) is 0 Å². The molecule has 1 aliphatic heterocycles. The van der Waals surface area contributed by atoms with Gasteiger partial charge in [-0.1, -0.05) is 0 Å². The number of halogens is 2. The molecule has 20 heavy (non-hydrogen) atoms. The van der Waals surface area contributed by atoms with Gasteiger partial charge in [0.15, 0.2) is 0 Å². The van der Waals surface area contributed by atoms with Gasteiger partial charge in [-0.05, 0) is 40.3 Å². The molecule has 1 heterocycles. The van der Waals surface area contributed by atoms with Crippen molar-refractivity contribution in [3.63, 3.8) is 0 Å². The molecule has 0 radical (unpaired) electrons. The maximum Gasteiger partial charge on any atom is 0.251 e.